The summed E-state index contributed by atoms with van der Waals surface area (Å²) in [5.41, 5.74) is 2.12. The molecule has 0 bridgehead atoms. The van der Waals surface area contributed by atoms with Gasteiger partial charge in [0.1, 0.15) is 11.6 Å². The van der Waals surface area contributed by atoms with Crippen LogP contribution in [-0.4, -0.2) is 29.6 Å². The Morgan fingerprint density at radius 2 is 2.19 bits per heavy atom. The Labute approximate surface area is 122 Å². The number of carbonyl (C=O) groups excluding carboxylic acids is 1. The molecule has 0 saturated heterocycles. The highest BCUT2D eigenvalue weighted by Crippen LogP contribution is 2.11. The van der Waals surface area contributed by atoms with E-state index >= 15 is 0 Å². The standard InChI is InChI=1S/C15H16FN3O2/c1-10-7-12(16)4-3-11(10)5-6-18-14-9-17-8-13(19-14)15(20)21-2/h3-4,7-9H,5-6H2,1-2H3,(H,18,19). The van der Waals surface area contributed by atoms with E-state index < -0.39 is 5.97 Å². The molecule has 0 saturated carbocycles. The smallest absolute Gasteiger partial charge is 0.358 e. The topological polar surface area (TPSA) is 64.1 Å². The monoisotopic (exact) mass is 289 g/mol. The molecule has 0 spiro atoms. The lowest BCUT2D eigenvalue weighted by molar-refractivity contribution is 0.0593. The van der Waals surface area contributed by atoms with E-state index in [0.717, 1.165) is 17.5 Å². The van der Waals surface area contributed by atoms with Gasteiger partial charge < -0.3 is 10.1 Å². The first kappa shape index (κ1) is 14.9. The van der Waals surface area contributed by atoms with Crippen LogP contribution < -0.4 is 5.32 Å². The van der Waals surface area contributed by atoms with Crippen molar-refractivity contribution in [2.75, 3.05) is 19.0 Å². The van der Waals surface area contributed by atoms with Crippen LogP contribution >= 0.6 is 0 Å². The predicted molar refractivity (Wildman–Crippen MR) is 76.7 cm³/mol. The first-order valence-electron chi connectivity index (χ1n) is 6.49. The van der Waals surface area contributed by atoms with Crippen LogP contribution in [0.15, 0.2) is 30.6 Å². The van der Waals surface area contributed by atoms with E-state index in [1.54, 1.807) is 6.07 Å². The van der Waals surface area contributed by atoms with Gasteiger partial charge in [0.25, 0.3) is 0 Å². The molecule has 0 aliphatic carbocycles. The molecule has 2 rings (SSSR count). The lowest BCUT2D eigenvalue weighted by Gasteiger charge is -2.08. The number of rotatable bonds is 5. The Balaban J connectivity index is 1.95. The van der Waals surface area contributed by atoms with Gasteiger partial charge in [-0.2, -0.15) is 0 Å². The molecule has 0 aliphatic rings. The summed E-state index contributed by atoms with van der Waals surface area (Å²) in [5, 5.41) is 3.08. The molecule has 1 heterocycles. The molecule has 2 aromatic rings. The van der Waals surface area contributed by atoms with Crippen LogP contribution in [0.3, 0.4) is 0 Å². The number of hydrogen-bond donors (Lipinski definition) is 1. The number of halogens is 1. The number of ether oxygens (including phenoxy) is 1. The number of methoxy groups -OCH3 is 1. The zero-order valence-corrected chi connectivity index (χ0v) is 11.9. The number of benzene rings is 1. The largest absolute Gasteiger partial charge is 0.464 e. The summed E-state index contributed by atoms with van der Waals surface area (Å²) in [4.78, 5) is 19.4. The molecule has 0 amide bonds. The molecule has 21 heavy (non-hydrogen) atoms. The van der Waals surface area contributed by atoms with Gasteiger partial charge in [-0.3, -0.25) is 4.98 Å². The SMILES string of the molecule is COC(=O)c1cncc(NCCc2ccc(F)cc2C)n1. The fourth-order valence-corrected chi connectivity index (χ4v) is 1.92. The third kappa shape index (κ3) is 3.98. The Morgan fingerprint density at radius 1 is 1.38 bits per heavy atom. The third-order valence-corrected chi connectivity index (χ3v) is 3.03. The van der Waals surface area contributed by atoms with E-state index in [9.17, 15) is 9.18 Å². The van der Waals surface area contributed by atoms with Gasteiger partial charge in [-0.05, 0) is 36.6 Å². The lowest BCUT2D eigenvalue weighted by Crippen LogP contribution is -2.11. The van der Waals surface area contributed by atoms with Crippen molar-refractivity contribution in [2.45, 2.75) is 13.3 Å². The molecule has 110 valence electrons. The number of nitrogens with one attached hydrogen (secondary N) is 1. The molecule has 0 unspecified atom stereocenters. The van der Waals surface area contributed by atoms with E-state index in [4.69, 9.17) is 0 Å². The summed E-state index contributed by atoms with van der Waals surface area (Å²) < 4.78 is 17.6. The summed E-state index contributed by atoms with van der Waals surface area (Å²) >= 11 is 0. The van der Waals surface area contributed by atoms with Crippen LogP contribution in [0.2, 0.25) is 0 Å². The van der Waals surface area contributed by atoms with E-state index in [1.165, 1.54) is 31.6 Å². The van der Waals surface area contributed by atoms with E-state index in [2.05, 4.69) is 20.0 Å². The minimum Gasteiger partial charge on any atom is -0.464 e. The van der Waals surface area contributed by atoms with Crippen LogP contribution in [0.25, 0.3) is 0 Å². The second-order valence-electron chi connectivity index (χ2n) is 4.53. The van der Waals surface area contributed by atoms with E-state index in [-0.39, 0.29) is 11.5 Å². The fourth-order valence-electron chi connectivity index (χ4n) is 1.92. The highest BCUT2D eigenvalue weighted by Gasteiger charge is 2.08. The number of aromatic nitrogens is 2. The quantitative estimate of drug-likeness (QED) is 0.856. The fraction of sp³-hybridized carbons (Fsp3) is 0.267. The molecule has 0 fully saturated rings. The maximum absolute atomic E-state index is 13.0. The zero-order valence-electron chi connectivity index (χ0n) is 11.9. The lowest BCUT2D eigenvalue weighted by atomic mass is 10.1. The molecule has 1 N–H and O–H groups in total. The summed E-state index contributed by atoms with van der Waals surface area (Å²) in [6.45, 7) is 2.47. The van der Waals surface area contributed by atoms with Crippen molar-refractivity contribution in [2.24, 2.45) is 0 Å². The van der Waals surface area contributed by atoms with Crippen LogP contribution in [0, 0.1) is 12.7 Å². The molecular weight excluding hydrogens is 273 g/mol. The Hall–Kier alpha value is -2.50. The maximum Gasteiger partial charge on any atom is 0.358 e. The molecule has 6 heteroatoms. The zero-order chi connectivity index (χ0) is 15.2. The van der Waals surface area contributed by atoms with Crippen LogP contribution in [0.4, 0.5) is 10.2 Å². The molecule has 5 nitrogen and oxygen atoms in total. The van der Waals surface area contributed by atoms with Crippen molar-refractivity contribution in [3.05, 3.63) is 53.2 Å². The number of nitrogens with zero attached hydrogens (tertiary/aromatic N) is 2. The van der Waals surface area contributed by atoms with Gasteiger partial charge in [-0.15, -0.1) is 0 Å². The normalized spacial score (nSPS) is 10.2. The molecule has 0 radical (unpaired) electrons. The van der Waals surface area contributed by atoms with Gasteiger partial charge in [0.2, 0.25) is 0 Å². The van der Waals surface area contributed by atoms with Crippen molar-refractivity contribution < 1.29 is 13.9 Å². The Kier molecular flexibility index (Phi) is 4.81. The number of anilines is 1. The molecule has 0 aliphatic heterocycles. The van der Waals surface area contributed by atoms with Gasteiger partial charge >= 0.3 is 5.97 Å². The molecule has 0 atom stereocenters. The average Bonchev–Trinajstić information content (AvgIpc) is 2.49. The number of aryl methyl sites for hydroxylation is 1. The highest BCUT2D eigenvalue weighted by atomic mass is 19.1. The Bertz CT molecular complexity index is 647. The second kappa shape index (κ2) is 6.78. The first-order valence-corrected chi connectivity index (χ1v) is 6.49. The summed E-state index contributed by atoms with van der Waals surface area (Å²) in [5.74, 6) is -0.265. The van der Waals surface area contributed by atoms with Crippen LogP contribution in [0.5, 0.6) is 0 Å². The maximum atomic E-state index is 13.0. The highest BCUT2D eigenvalue weighted by molar-refractivity contribution is 5.87. The predicted octanol–water partition coefficient (Wildman–Crippen LogP) is 2.37. The van der Waals surface area contributed by atoms with Crippen molar-refractivity contribution in [1.82, 2.24) is 9.97 Å². The van der Waals surface area contributed by atoms with Crippen molar-refractivity contribution in [3.8, 4) is 0 Å². The van der Waals surface area contributed by atoms with Crippen LogP contribution in [-0.2, 0) is 11.2 Å². The van der Waals surface area contributed by atoms with Crippen LogP contribution in [0.1, 0.15) is 21.6 Å². The molecular formula is C15H16FN3O2. The summed E-state index contributed by atoms with van der Waals surface area (Å²) in [7, 11) is 1.29. The van der Waals surface area contributed by atoms with E-state index in [1.807, 2.05) is 6.92 Å². The third-order valence-electron chi connectivity index (χ3n) is 3.03. The minimum absolute atomic E-state index is 0.153. The van der Waals surface area contributed by atoms with Crippen molar-refractivity contribution in [1.29, 1.82) is 0 Å². The van der Waals surface area contributed by atoms with Crippen molar-refractivity contribution in [3.63, 3.8) is 0 Å². The second-order valence-corrected chi connectivity index (χ2v) is 4.53. The number of hydrogen-bond acceptors (Lipinski definition) is 5. The van der Waals surface area contributed by atoms with Gasteiger partial charge in [0, 0.05) is 6.54 Å². The van der Waals surface area contributed by atoms with Crippen molar-refractivity contribution >= 4 is 11.8 Å². The van der Waals surface area contributed by atoms with Gasteiger partial charge in [0.05, 0.1) is 19.5 Å². The number of esters is 1. The van der Waals surface area contributed by atoms with Gasteiger partial charge in [-0.25, -0.2) is 14.2 Å². The minimum atomic E-state index is -0.527. The molecule has 1 aromatic heterocycles. The average molecular weight is 289 g/mol. The van der Waals surface area contributed by atoms with Gasteiger partial charge in [-0.1, -0.05) is 6.07 Å². The Morgan fingerprint density at radius 3 is 2.90 bits per heavy atom. The number of carbonyl (C=O) groups is 1. The first-order chi connectivity index (χ1) is 10.1. The van der Waals surface area contributed by atoms with E-state index in [0.29, 0.717) is 12.4 Å². The van der Waals surface area contributed by atoms with Gasteiger partial charge in [0.15, 0.2) is 5.69 Å². The summed E-state index contributed by atoms with van der Waals surface area (Å²) in [6.07, 6.45) is 3.60. The molecule has 1 aromatic carbocycles. The summed E-state index contributed by atoms with van der Waals surface area (Å²) in [6, 6.07) is 4.72.